The molecule has 21 heavy (non-hydrogen) atoms. The van der Waals surface area contributed by atoms with Crippen LogP contribution in [0.2, 0.25) is 0 Å². The van der Waals surface area contributed by atoms with Gasteiger partial charge in [0.2, 0.25) is 0 Å². The van der Waals surface area contributed by atoms with E-state index in [4.69, 9.17) is 9.47 Å². The largest absolute Gasteiger partial charge is 0.504 e. The van der Waals surface area contributed by atoms with E-state index in [1.165, 1.54) is 12.7 Å². The molecule has 0 aliphatic heterocycles. The fourth-order valence-electron chi connectivity index (χ4n) is 2.10. The van der Waals surface area contributed by atoms with Crippen molar-refractivity contribution in [1.82, 2.24) is 0 Å². The van der Waals surface area contributed by atoms with Crippen LogP contribution in [-0.4, -0.2) is 12.2 Å². The second-order valence-electron chi connectivity index (χ2n) is 5.40. The maximum atomic E-state index is 9.54. The van der Waals surface area contributed by atoms with Crippen LogP contribution >= 0.6 is 0 Å². The van der Waals surface area contributed by atoms with E-state index in [9.17, 15) is 5.11 Å². The number of ether oxygens (including phenoxy) is 2. The highest BCUT2D eigenvalue weighted by molar-refractivity contribution is 5.41. The Morgan fingerprint density at radius 2 is 1.57 bits per heavy atom. The number of methoxy groups -OCH3 is 1. The van der Waals surface area contributed by atoms with Crippen molar-refractivity contribution in [3.05, 3.63) is 59.2 Å². The van der Waals surface area contributed by atoms with E-state index in [1.807, 2.05) is 6.07 Å². The van der Waals surface area contributed by atoms with Crippen molar-refractivity contribution in [2.75, 3.05) is 7.11 Å². The first-order valence-corrected chi connectivity index (χ1v) is 7.12. The molecule has 0 saturated carbocycles. The summed E-state index contributed by atoms with van der Waals surface area (Å²) in [6, 6.07) is 13.7. The van der Waals surface area contributed by atoms with Crippen LogP contribution in [0, 0.1) is 0 Å². The summed E-state index contributed by atoms with van der Waals surface area (Å²) >= 11 is 0. The lowest BCUT2D eigenvalue weighted by molar-refractivity contribution is 0.107. The van der Waals surface area contributed by atoms with Crippen molar-refractivity contribution in [3.63, 3.8) is 0 Å². The third kappa shape index (κ3) is 4.23. The maximum absolute atomic E-state index is 9.54. The number of benzene rings is 2. The Kier molecular flexibility index (Phi) is 5.23. The van der Waals surface area contributed by atoms with Gasteiger partial charge < -0.3 is 14.6 Å². The monoisotopic (exact) mass is 286 g/mol. The minimum Gasteiger partial charge on any atom is -0.504 e. The number of phenolic OH excluding ortho intramolecular Hbond substituents is 1. The molecule has 0 unspecified atom stereocenters. The summed E-state index contributed by atoms with van der Waals surface area (Å²) in [6.45, 7) is 5.43. The molecular formula is C18H22O3. The lowest BCUT2D eigenvalue weighted by Gasteiger charge is -2.09. The van der Waals surface area contributed by atoms with E-state index in [-0.39, 0.29) is 5.75 Å². The molecule has 1 N–H and O–H groups in total. The van der Waals surface area contributed by atoms with Gasteiger partial charge in [0.05, 0.1) is 20.3 Å². The molecule has 112 valence electrons. The minimum atomic E-state index is 0.144. The van der Waals surface area contributed by atoms with Crippen molar-refractivity contribution in [3.8, 4) is 11.5 Å². The Labute approximate surface area is 126 Å². The first kappa shape index (κ1) is 15.4. The highest BCUT2D eigenvalue weighted by atomic mass is 16.5. The Balaban J connectivity index is 1.89. The highest BCUT2D eigenvalue weighted by Gasteiger charge is 2.03. The number of hydrogen-bond donors (Lipinski definition) is 1. The Bertz CT molecular complexity index is 574. The molecule has 2 aromatic rings. The first-order chi connectivity index (χ1) is 10.1. The van der Waals surface area contributed by atoms with Crippen molar-refractivity contribution in [2.45, 2.75) is 33.0 Å². The van der Waals surface area contributed by atoms with E-state index in [2.05, 4.69) is 38.1 Å². The molecule has 0 atom stereocenters. The Morgan fingerprint density at radius 1 is 0.952 bits per heavy atom. The summed E-state index contributed by atoms with van der Waals surface area (Å²) in [5.74, 6) is 1.16. The van der Waals surface area contributed by atoms with Crippen LogP contribution in [-0.2, 0) is 18.0 Å². The van der Waals surface area contributed by atoms with Gasteiger partial charge in [0.25, 0.3) is 0 Å². The molecule has 2 rings (SSSR count). The molecule has 0 aromatic heterocycles. The molecule has 0 fully saturated rings. The van der Waals surface area contributed by atoms with Crippen LogP contribution in [0.3, 0.4) is 0 Å². The van der Waals surface area contributed by atoms with Gasteiger partial charge in [0, 0.05) is 0 Å². The smallest absolute Gasteiger partial charge is 0.160 e. The zero-order valence-electron chi connectivity index (χ0n) is 12.8. The van der Waals surface area contributed by atoms with Gasteiger partial charge in [0.15, 0.2) is 11.5 Å². The fourth-order valence-corrected chi connectivity index (χ4v) is 2.10. The van der Waals surface area contributed by atoms with Gasteiger partial charge in [-0.2, -0.15) is 0 Å². The third-order valence-electron chi connectivity index (χ3n) is 3.43. The summed E-state index contributed by atoms with van der Waals surface area (Å²) in [7, 11) is 1.54. The van der Waals surface area contributed by atoms with Crippen LogP contribution in [0.4, 0.5) is 0 Å². The Morgan fingerprint density at radius 3 is 2.19 bits per heavy atom. The molecule has 0 aliphatic carbocycles. The highest BCUT2D eigenvalue weighted by Crippen LogP contribution is 2.26. The van der Waals surface area contributed by atoms with Crippen LogP contribution in [0.25, 0.3) is 0 Å². The summed E-state index contributed by atoms with van der Waals surface area (Å²) in [6.07, 6.45) is 0. The molecule has 0 radical (unpaired) electrons. The average molecular weight is 286 g/mol. The van der Waals surface area contributed by atoms with E-state index >= 15 is 0 Å². The quantitative estimate of drug-likeness (QED) is 0.863. The summed E-state index contributed by atoms with van der Waals surface area (Å²) in [4.78, 5) is 0. The van der Waals surface area contributed by atoms with Gasteiger partial charge in [0.1, 0.15) is 0 Å². The van der Waals surface area contributed by atoms with Crippen molar-refractivity contribution < 1.29 is 14.6 Å². The molecule has 0 amide bonds. The van der Waals surface area contributed by atoms with Crippen LogP contribution < -0.4 is 4.74 Å². The molecule has 0 saturated heterocycles. The van der Waals surface area contributed by atoms with Gasteiger partial charge in [-0.15, -0.1) is 0 Å². The molecule has 0 bridgehead atoms. The normalized spacial score (nSPS) is 10.9. The van der Waals surface area contributed by atoms with Crippen LogP contribution in [0.1, 0.15) is 36.5 Å². The lowest BCUT2D eigenvalue weighted by atomic mass is 10.0. The van der Waals surface area contributed by atoms with E-state index in [1.54, 1.807) is 12.1 Å². The summed E-state index contributed by atoms with van der Waals surface area (Å²) in [5.41, 5.74) is 3.47. The van der Waals surface area contributed by atoms with Crippen molar-refractivity contribution in [2.24, 2.45) is 0 Å². The average Bonchev–Trinajstić information content (AvgIpc) is 2.49. The molecular weight excluding hydrogens is 264 g/mol. The van der Waals surface area contributed by atoms with Gasteiger partial charge >= 0.3 is 0 Å². The standard InChI is InChI=1S/C18H22O3/c1-13(2)16-7-4-14(5-8-16)11-21-12-15-6-9-17(19)18(10-15)20-3/h4-10,13,19H,11-12H2,1-3H3. The number of phenols is 1. The Hall–Kier alpha value is -2.00. The van der Waals surface area contributed by atoms with E-state index in [0.29, 0.717) is 24.9 Å². The SMILES string of the molecule is COc1cc(COCc2ccc(C(C)C)cc2)ccc1O. The van der Waals surface area contributed by atoms with E-state index < -0.39 is 0 Å². The number of hydrogen-bond acceptors (Lipinski definition) is 3. The van der Waals surface area contributed by atoms with E-state index in [0.717, 1.165) is 11.1 Å². The number of rotatable bonds is 6. The molecule has 2 aromatic carbocycles. The number of aromatic hydroxyl groups is 1. The molecule has 3 nitrogen and oxygen atoms in total. The molecule has 0 spiro atoms. The predicted octanol–water partition coefficient (Wildman–Crippen LogP) is 4.24. The van der Waals surface area contributed by atoms with Gasteiger partial charge in [-0.3, -0.25) is 0 Å². The third-order valence-corrected chi connectivity index (χ3v) is 3.43. The molecule has 0 aliphatic rings. The molecule has 3 heteroatoms. The topological polar surface area (TPSA) is 38.7 Å². The van der Waals surface area contributed by atoms with Crippen molar-refractivity contribution in [1.29, 1.82) is 0 Å². The van der Waals surface area contributed by atoms with Gasteiger partial charge in [-0.05, 0) is 34.7 Å². The minimum absolute atomic E-state index is 0.144. The maximum Gasteiger partial charge on any atom is 0.160 e. The predicted molar refractivity (Wildman–Crippen MR) is 83.7 cm³/mol. The van der Waals surface area contributed by atoms with Crippen LogP contribution in [0.15, 0.2) is 42.5 Å². The summed E-state index contributed by atoms with van der Waals surface area (Å²) in [5, 5.41) is 9.54. The zero-order valence-corrected chi connectivity index (χ0v) is 12.8. The zero-order chi connectivity index (χ0) is 15.2. The van der Waals surface area contributed by atoms with Gasteiger partial charge in [-0.1, -0.05) is 44.2 Å². The van der Waals surface area contributed by atoms with Crippen LogP contribution in [0.5, 0.6) is 11.5 Å². The van der Waals surface area contributed by atoms with Gasteiger partial charge in [-0.25, -0.2) is 0 Å². The molecule has 0 heterocycles. The first-order valence-electron chi connectivity index (χ1n) is 7.12. The second kappa shape index (κ2) is 7.14. The lowest BCUT2D eigenvalue weighted by Crippen LogP contribution is -1.96. The summed E-state index contributed by atoms with van der Waals surface area (Å²) < 4.78 is 10.8. The fraction of sp³-hybridized carbons (Fsp3) is 0.333. The second-order valence-corrected chi connectivity index (χ2v) is 5.40. The van der Waals surface area contributed by atoms with Crippen molar-refractivity contribution >= 4 is 0 Å².